The molecule has 2 atom stereocenters. The Balaban J connectivity index is 1.64. The summed E-state index contributed by atoms with van der Waals surface area (Å²) < 4.78 is 1.50. The molecule has 0 aliphatic rings. The third-order valence-corrected chi connectivity index (χ3v) is 5.00. The third-order valence-electron chi connectivity index (χ3n) is 4.76. The van der Waals surface area contributed by atoms with Crippen molar-refractivity contribution in [2.24, 2.45) is 5.92 Å². The number of hydrogen-bond donors (Lipinski definition) is 5. The van der Waals surface area contributed by atoms with E-state index in [1.807, 2.05) is 0 Å². The Labute approximate surface area is 197 Å². The topological polar surface area (TPSA) is 137 Å². The molecule has 0 spiro atoms. The highest BCUT2D eigenvalue weighted by Crippen LogP contribution is 2.18. The molecule has 0 aliphatic carbocycles. The van der Waals surface area contributed by atoms with Gasteiger partial charge in [-0.05, 0) is 30.0 Å². The zero-order valence-electron chi connectivity index (χ0n) is 18.4. The van der Waals surface area contributed by atoms with Crippen molar-refractivity contribution in [3.05, 3.63) is 59.5 Å². The summed E-state index contributed by atoms with van der Waals surface area (Å²) in [6, 6.07) is 7.34. The maximum atomic E-state index is 12.4. The Kier molecular flexibility index (Phi) is 8.58. The van der Waals surface area contributed by atoms with Gasteiger partial charge in [0.2, 0.25) is 5.95 Å². The van der Waals surface area contributed by atoms with Gasteiger partial charge in [0, 0.05) is 17.3 Å². The van der Waals surface area contributed by atoms with E-state index in [-0.39, 0.29) is 19.3 Å². The molecule has 3 rings (SSSR count). The molecule has 0 aliphatic heterocycles. The summed E-state index contributed by atoms with van der Waals surface area (Å²) in [6.45, 7) is 3.84. The number of rotatable bonds is 10. The normalized spacial score (nSPS) is 12.9. The lowest BCUT2D eigenvalue weighted by atomic mass is 10.0. The van der Waals surface area contributed by atoms with Crippen LogP contribution in [0.15, 0.2) is 48.9 Å². The number of hydrogen-bond acceptors (Lipinski definition) is 7. The molecule has 0 bridgehead atoms. The van der Waals surface area contributed by atoms with E-state index in [0.29, 0.717) is 34.0 Å². The van der Waals surface area contributed by atoms with E-state index in [4.69, 9.17) is 11.6 Å². The van der Waals surface area contributed by atoms with Gasteiger partial charge >= 0.3 is 6.03 Å². The lowest BCUT2D eigenvalue weighted by molar-refractivity contribution is 0.225. The van der Waals surface area contributed by atoms with Crippen LogP contribution in [0.25, 0.3) is 5.82 Å². The number of aliphatic hydroxyl groups excluding tert-OH is 2. The summed E-state index contributed by atoms with van der Waals surface area (Å²) in [6.07, 6.45) is 5.46. The first-order valence-electron chi connectivity index (χ1n) is 10.6. The molecular formula is C22H28ClN7O3. The first-order valence-corrected chi connectivity index (χ1v) is 10.9. The second-order valence-corrected chi connectivity index (χ2v) is 8.39. The van der Waals surface area contributed by atoms with Gasteiger partial charge in [-0.15, -0.1) is 0 Å². The van der Waals surface area contributed by atoms with Crippen LogP contribution < -0.4 is 16.0 Å². The van der Waals surface area contributed by atoms with Gasteiger partial charge in [-0.3, -0.25) is 0 Å². The fourth-order valence-corrected chi connectivity index (χ4v) is 3.47. The van der Waals surface area contributed by atoms with Crippen LogP contribution in [-0.4, -0.2) is 55.2 Å². The molecule has 0 fully saturated rings. The highest BCUT2D eigenvalue weighted by molar-refractivity contribution is 6.30. The van der Waals surface area contributed by atoms with Gasteiger partial charge < -0.3 is 26.2 Å². The maximum absolute atomic E-state index is 12.4. The van der Waals surface area contributed by atoms with Crippen LogP contribution in [0.4, 0.5) is 16.4 Å². The van der Waals surface area contributed by atoms with E-state index in [2.05, 4.69) is 44.9 Å². The van der Waals surface area contributed by atoms with Crippen molar-refractivity contribution < 1.29 is 15.0 Å². The molecule has 10 nitrogen and oxygen atoms in total. The average Bonchev–Trinajstić information content (AvgIpc) is 3.25. The molecule has 5 N–H and O–H groups in total. The number of anilines is 2. The number of amides is 2. The zero-order chi connectivity index (χ0) is 23.8. The second-order valence-electron chi connectivity index (χ2n) is 7.95. The molecule has 0 saturated carbocycles. The number of nitrogens with zero attached hydrogens (tertiary/aromatic N) is 4. The lowest BCUT2D eigenvalue weighted by Gasteiger charge is -2.18. The minimum atomic E-state index is -0.612. The van der Waals surface area contributed by atoms with Crippen LogP contribution in [0.5, 0.6) is 0 Å². The molecule has 2 amide bonds. The lowest BCUT2D eigenvalue weighted by Crippen LogP contribution is -2.34. The molecule has 176 valence electrons. The van der Waals surface area contributed by atoms with Crippen molar-refractivity contribution in [2.45, 2.75) is 32.4 Å². The van der Waals surface area contributed by atoms with E-state index in [1.165, 1.54) is 10.9 Å². The largest absolute Gasteiger partial charge is 0.394 e. The van der Waals surface area contributed by atoms with Crippen molar-refractivity contribution in [1.82, 2.24) is 25.1 Å². The smallest absolute Gasteiger partial charge is 0.319 e. The summed E-state index contributed by atoms with van der Waals surface area (Å²) in [5.74, 6) is 1.28. The molecule has 0 radical (unpaired) electrons. The van der Waals surface area contributed by atoms with Gasteiger partial charge in [0.1, 0.15) is 0 Å². The molecule has 1 aromatic carbocycles. The van der Waals surface area contributed by atoms with E-state index >= 15 is 0 Å². The fraction of sp³-hybridized carbons (Fsp3) is 0.364. The highest BCUT2D eigenvalue weighted by Gasteiger charge is 2.15. The molecule has 11 heteroatoms. The first kappa shape index (κ1) is 24.4. The number of aliphatic hydroxyl groups is 2. The predicted octanol–water partition coefficient (Wildman–Crippen LogP) is 2.99. The quantitative estimate of drug-likeness (QED) is 0.305. The van der Waals surface area contributed by atoms with Gasteiger partial charge in [-0.1, -0.05) is 37.6 Å². The number of benzene rings is 1. The highest BCUT2D eigenvalue weighted by atomic mass is 35.5. The van der Waals surface area contributed by atoms with Crippen molar-refractivity contribution in [3.63, 3.8) is 0 Å². The molecule has 2 aromatic heterocycles. The summed E-state index contributed by atoms with van der Waals surface area (Å²) in [5.41, 5.74) is 1.13. The number of carbonyl (C=O) groups excluding carboxylic acids is 1. The summed E-state index contributed by atoms with van der Waals surface area (Å²) in [4.78, 5) is 21.1. The van der Waals surface area contributed by atoms with Crippen molar-refractivity contribution in [1.29, 1.82) is 0 Å². The summed E-state index contributed by atoms with van der Waals surface area (Å²) in [5, 5.41) is 32.5. The van der Waals surface area contributed by atoms with Crippen LogP contribution in [-0.2, 0) is 0 Å². The summed E-state index contributed by atoms with van der Waals surface area (Å²) in [7, 11) is 0. The fourth-order valence-electron chi connectivity index (χ4n) is 3.27. The average molecular weight is 474 g/mol. The Hall–Kier alpha value is -3.21. The Morgan fingerprint density at radius 3 is 2.73 bits per heavy atom. The number of nitrogens with one attached hydrogen (secondary N) is 3. The maximum Gasteiger partial charge on any atom is 0.319 e. The number of carbonyl (C=O) groups is 1. The molecule has 0 saturated heterocycles. The molecule has 1 unspecified atom stereocenters. The summed E-state index contributed by atoms with van der Waals surface area (Å²) >= 11 is 5.99. The van der Waals surface area contributed by atoms with Gasteiger partial charge in [-0.25, -0.2) is 14.5 Å². The molecular weight excluding hydrogens is 446 g/mol. The SMILES string of the molecule is CC(C)CC(CO)Nc1nccc(-n2cc(NC(=O)N[C@H](CO)c3cccc(Cl)c3)cn2)n1. The van der Waals surface area contributed by atoms with E-state index in [1.54, 1.807) is 42.7 Å². The molecule has 33 heavy (non-hydrogen) atoms. The minimum Gasteiger partial charge on any atom is -0.394 e. The Morgan fingerprint density at radius 1 is 1.21 bits per heavy atom. The van der Waals surface area contributed by atoms with Crippen LogP contribution in [0.1, 0.15) is 31.9 Å². The number of urea groups is 1. The predicted molar refractivity (Wildman–Crippen MR) is 127 cm³/mol. The van der Waals surface area contributed by atoms with Gasteiger partial charge in [0.05, 0.1) is 43.4 Å². The second kappa shape index (κ2) is 11.6. The number of halogens is 1. The van der Waals surface area contributed by atoms with Crippen LogP contribution >= 0.6 is 11.6 Å². The first-order chi connectivity index (χ1) is 15.9. The van der Waals surface area contributed by atoms with Crippen LogP contribution in [0.2, 0.25) is 5.02 Å². The van der Waals surface area contributed by atoms with Crippen molar-refractivity contribution >= 4 is 29.3 Å². The van der Waals surface area contributed by atoms with E-state index < -0.39 is 12.1 Å². The molecule has 3 aromatic rings. The van der Waals surface area contributed by atoms with Crippen LogP contribution in [0.3, 0.4) is 0 Å². The number of aromatic nitrogens is 4. The molecule has 2 heterocycles. The van der Waals surface area contributed by atoms with Gasteiger partial charge in [0.25, 0.3) is 0 Å². The van der Waals surface area contributed by atoms with Crippen molar-refractivity contribution in [2.75, 3.05) is 23.8 Å². The van der Waals surface area contributed by atoms with Crippen LogP contribution in [0, 0.1) is 5.92 Å². The monoisotopic (exact) mass is 473 g/mol. The van der Waals surface area contributed by atoms with Crippen molar-refractivity contribution in [3.8, 4) is 5.82 Å². The van der Waals surface area contributed by atoms with Gasteiger partial charge in [0.15, 0.2) is 5.82 Å². The standard InChI is InChI=1S/C22H28ClN7O3/c1-14(2)8-17(12-31)26-21-24-7-6-20(29-21)30-11-18(10-25-30)27-22(33)28-19(13-32)15-4-3-5-16(23)9-15/h3-7,9-11,14,17,19,31-32H,8,12-13H2,1-2H3,(H,24,26,29)(H2,27,28,33)/t17?,19-/m1/s1. The Bertz CT molecular complexity index is 1060. The van der Waals surface area contributed by atoms with E-state index in [9.17, 15) is 15.0 Å². The van der Waals surface area contributed by atoms with Gasteiger partial charge in [-0.2, -0.15) is 10.1 Å². The van der Waals surface area contributed by atoms with E-state index in [0.717, 1.165) is 6.42 Å². The third kappa shape index (κ3) is 7.14. The minimum absolute atomic E-state index is 0.0270. The Morgan fingerprint density at radius 2 is 2.03 bits per heavy atom. The zero-order valence-corrected chi connectivity index (χ0v) is 19.2.